The summed E-state index contributed by atoms with van der Waals surface area (Å²) in [6, 6.07) is 11.4. The van der Waals surface area contributed by atoms with Crippen LogP contribution in [0.25, 0.3) is 0 Å². The Morgan fingerprint density at radius 2 is 1.89 bits per heavy atom. The van der Waals surface area contributed by atoms with Crippen molar-refractivity contribution in [3.63, 3.8) is 0 Å². The molecule has 2 amide bonds. The molecule has 0 atom stereocenters. The molecule has 2 aliphatic rings. The summed E-state index contributed by atoms with van der Waals surface area (Å²) in [6.07, 6.45) is 2.48. The van der Waals surface area contributed by atoms with Crippen molar-refractivity contribution >= 4 is 46.2 Å². The summed E-state index contributed by atoms with van der Waals surface area (Å²) < 4.78 is 6.93. The van der Waals surface area contributed by atoms with Gasteiger partial charge in [0, 0.05) is 42.2 Å². The topological polar surface area (TPSA) is 62.7 Å². The van der Waals surface area contributed by atoms with E-state index in [2.05, 4.69) is 27.6 Å². The van der Waals surface area contributed by atoms with Crippen molar-refractivity contribution < 1.29 is 14.3 Å². The Kier molecular flexibility index (Phi) is 5.46. The van der Waals surface area contributed by atoms with Gasteiger partial charge in [-0.05, 0) is 52.4 Å². The van der Waals surface area contributed by atoms with E-state index in [0.29, 0.717) is 49.7 Å². The van der Waals surface area contributed by atoms with E-state index in [9.17, 15) is 9.59 Å². The first-order valence-corrected chi connectivity index (χ1v) is 10.5. The normalized spacial score (nSPS) is 18.4. The smallest absolute Gasteiger partial charge is 0.410 e. The second kappa shape index (κ2) is 7.87. The third-order valence-electron chi connectivity index (χ3n) is 5.26. The fraction of sp³-hybridized carbons (Fsp3) is 0.350. The lowest BCUT2D eigenvalue weighted by Gasteiger charge is -2.37. The second-order valence-corrected chi connectivity index (χ2v) is 8.83. The average Bonchev–Trinajstić information content (AvgIpc) is 2.99. The number of benzene rings is 1. The molecule has 0 unspecified atom stereocenters. The SMILES string of the molecule is O=C1OC2(CCN(C(=O)c3ccc(Cl)nc3)CC2)CN1Cc1ccc(I)cc1. The summed E-state index contributed by atoms with van der Waals surface area (Å²) in [5.41, 5.74) is 1.09. The van der Waals surface area contributed by atoms with Crippen LogP contribution < -0.4 is 0 Å². The molecule has 2 aliphatic heterocycles. The quantitative estimate of drug-likeness (QED) is 0.462. The maximum Gasteiger partial charge on any atom is 0.410 e. The second-order valence-electron chi connectivity index (χ2n) is 7.20. The molecular formula is C20H19ClIN3O3. The highest BCUT2D eigenvalue weighted by Gasteiger charge is 2.47. The van der Waals surface area contributed by atoms with Crippen molar-refractivity contribution in [3.8, 4) is 0 Å². The van der Waals surface area contributed by atoms with E-state index < -0.39 is 5.60 Å². The molecule has 2 saturated heterocycles. The fourth-order valence-corrected chi connectivity index (χ4v) is 4.16. The van der Waals surface area contributed by atoms with Gasteiger partial charge in [-0.1, -0.05) is 23.7 Å². The molecule has 6 nitrogen and oxygen atoms in total. The third kappa shape index (κ3) is 4.10. The predicted molar refractivity (Wildman–Crippen MR) is 113 cm³/mol. The van der Waals surface area contributed by atoms with Crippen LogP contribution in [0, 0.1) is 3.57 Å². The number of carbonyl (C=O) groups excluding carboxylic acids is 2. The van der Waals surface area contributed by atoms with Gasteiger partial charge in [0.1, 0.15) is 10.8 Å². The van der Waals surface area contributed by atoms with E-state index in [1.165, 1.54) is 6.20 Å². The number of piperidine rings is 1. The largest absolute Gasteiger partial charge is 0.441 e. The van der Waals surface area contributed by atoms with E-state index in [1.54, 1.807) is 21.9 Å². The van der Waals surface area contributed by atoms with Crippen LogP contribution in [0.5, 0.6) is 0 Å². The Balaban J connectivity index is 1.37. The fourth-order valence-electron chi connectivity index (χ4n) is 3.69. The number of hydrogen-bond acceptors (Lipinski definition) is 4. The molecular weight excluding hydrogens is 493 g/mol. The number of hydrogen-bond donors (Lipinski definition) is 0. The van der Waals surface area contributed by atoms with Gasteiger partial charge in [-0.25, -0.2) is 9.78 Å². The summed E-state index contributed by atoms with van der Waals surface area (Å²) in [4.78, 5) is 32.5. The van der Waals surface area contributed by atoms with Crippen LogP contribution >= 0.6 is 34.2 Å². The Labute approximate surface area is 182 Å². The lowest BCUT2D eigenvalue weighted by atomic mass is 9.91. The van der Waals surface area contributed by atoms with Crippen molar-refractivity contribution in [1.29, 1.82) is 0 Å². The Bertz CT molecular complexity index is 881. The molecule has 8 heteroatoms. The van der Waals surface area contributed by atoms with Gasteiger partial charge in [-0.3, -0.25) is 9.69 Å². The minimum absolute atomic E-state index is 0.0703. The van der Waals surface area contributed by atoms with Gasteiger partial charge in [0.25, 0.3) is 5.91 Å². The van der Waals surface area contributed by atoms with Crippen molar-refractivity contribution in [3.05, 3.63) is 62.4 Å². The first-order valence-electron chi connectivity index (χ1n) is 9.07. The molecule has 1 spiro atoms. The number of nitrogens with zero attached hydrogens (tertiary/aromatic N) is 3. The van der Waals surface area contributed by atoms with Crippen LogP contribution in [0.3, 0.4) is 0 Å². The van der Waals surface area contributed by atoms with Gasteiger partial charge in [0.05, 0.1) is 12.1 Å². The van der Waals surface area contributed by atoms with E-state index >= 15 is 0 Å². The molecule has 1 aromatic carbocycles. The summed E-state index contributed by atoms with van der Waals surface area (Å²) in [5.74, 6) is -0.0703. The Hall–Kier alpha value is -1.87. The lowest BCUT2D eigenvalue weighted by Crippen LogP contribution is -2.48. The first-order chi connectivity index (χ1) is 13.4. The zero-order valence-corrected chi connectivity index (χ0v) is 18.0. The number of carbonyl (C=O) groups is 2. The van der Waals surface area contributed by atoms with E-state index in [4.69, 9.17) is 16.3 Å². The Morgan fingerprint density at radius 1 is 1.18 bits per heavy atom. The average molecular weight is 512 g/mol. The summed E-state index contributed by atoms with van der Waals surface area (Å²) in [5, 5.41) is 0.361. The Morgan fingerprint density at radius 3 is 2.54 bits per heavy atom. The highest BCUT2D eigenvalue weighted by Crippen LogP contribution is 2.34. The highest BCUT2D eigenvalue weighted by molar-refractivity contribution is 14.1. The molecule has 28 heavy (non-hydrogen) atoms. The van der Waals surface area contributed by atoms with E-state index in [0.717, 1.165) is 9.13 Å². The molecule has 1 aromatic heterocycles. The summed E-state index contributed by atoms with van der Waals surface area (Å²) in [6.45, 7) is 2.19. The number of ether oxygens (including phenoxy) is 1. The zero-order valence-electron chi connectivity index (χ0n) is 15.1. The number of pyridine rings is 1. The molecule has 4 rings (SSSR count). The number of rotatable bonds is 3. The van der Waals surface area contributed by atoms with Crippen molar-refractivity contribution in [2.45, 2.75) is 25.0 Å². The minimum Gasteiger partial charge on any atom is -0.441 e. The lowest BCUT2D eigenvalue weighted by molar-refractivity contribution is 0.00312. The zero-order chi connectivity index (χ0) is 19.7. The number of amides is 2. The van der Waals surface area contributed by atoms with Gasteiger partial charge >= 0.3 is 6.09 Å². The maximum absolute atomic E-state index is 12.6. The standard InChI is InChI=1S/C20H19ClIN3O3/c21-17-6-3-15(11-23-17)18(26)24-9-7-20(8-10-24)13-25(19(27)28-20)12-14-1-4-16(22)5-2-14/h1-6,11H,7-10,12-13H2. The molecule has 0 radical (unpaired) electrons. The van der Waals surface area contributed by atoms with Gasteiger partial charge in [-0.2, -0.15) is 0 Å². The van der Waals surface area contributed by atoms with Gasteiger partial charge in [-0.15, -0.1) is 0 Å². The van der Waals surface area contributed by atoms with Gasteiger partial charge in [0.2, 0.25) is 0 Å². The molecule has 3 heterocycles. The van der Waals surface area contributed by atoms with Gasteiger partial charge in [0.15, 0.2) is 0 Å². The molecule has 2 aromatic rings. The molecule has 0 N–H and O–H groups in total. The first kappa shape index (κ1) is 19.4. The van der Waals surface area contributed by atoms with Crippen LogP contribution in [0.2, 0.25) is 5.15 Å². The summed E-state index contributed by atoms with van der Waals surface area (Å²) in [7, 11) is 0. The monoisotopic (exact) mass is 511 g/mol. The maximum atomic E-state index is 12.6. The minimum atomic E-state index is -0.505. The van der Waals surface area contributed by atoms with Crippen molar-refractivity contribution in [1.82, 2.24) is 14.8 Å². The van der Waals surface area contributed by atoms with E-state index in [-0.39, 0.29) is 12.0 Å². The van der Waals surface area contributed by atoms with Crippen LogP contribution in [-0.4, -0.2) is 52.0 Å². The number of halogens is 2. The molecule has 146 valence electrons. The predicted octanol–water partition coefficient (Wildman–Crippen LogP) is 3.97. The van der Waals surface area contributed by atoms with Crippen LogP contribution in [0.15, 0.2) is 42.6 Å². The number of likely N-dealkylation sites (tertiary alicyclic amines) is 1. The highest BCUT2D eigenvalue weighted by atomic mass is 127. The van der Waals surface area contributed by atoms with Crippen molar-refractivity contribution in [2.24, 2.45) is 0 Å². The van der Waals surface area contributed by atoms with Crippen LogP contribution in [0.4, 0.5) is 4.79 Å². The summed E-state index contributed by atoms with van der Waals surface area (Å²) >= 11 is 8.05. The molecule has 2 fully saturated rings. The molecule has 0 bridgehead atoms. The third-order valence-corrected chi connectivity index (χ3v) is 6.21. The van der Waals surface area contributed by atoms with Crippen LogP contribution in [0.1, 0.15) is 28.8 Å². The van der Waals surface area contributed by atoms with Crippen LogP contribution in [-0.2, 0) is 11.3 Å². The number of aromatic nitrogens is 1. The van der Waals surface area contributed by atoms with Crippen molar-refractivity contribution in [2.75, 3.05) is 19.6 Å². The van der Waals surface area contributed by atoms with Gasteiger partial charge < -0.3 is 9.64 Å². The van der Waals surface area contributed by atoms with E-state index in [1.807, 2.05) is 24.3 Å². The molecule has 0 aliphatic carbocycles. The molecule has 0 saturated carbocycles.